The summed E-state index contributed by atoms with van der Waals surface area (Å²) in [5.41, 5.74) is 1.64. The minimum absolute atomic E-state index is 0.00303. The second kappa shape index (κ2) is 5.25. The minimum Gasteiger partial charge on any atom is -0.387 e. The summed E-state index contributed by atoms with van der Waals surface area (Å²) in [7, 11) is -1.20. The quantitative estimate of drug-likeness (QED) is 0.911. The molecule has 1 saturated carbocycles. The van der Waals surface area contributed by atoms with E-state index in [1.807, 2.05) is 20.0 Å². The molecule has 0 aromatic carbocycles. The maximum Gasteiger partial charge on any atom is 0.150 e. The van der Waals surface area contributed by atoms with Crippen LogP contribution >= 0.6 is 0 Å². The Kier molecular flexibility index (Phi) is 4.01. The topological polar surface area (TPSA) is 72.2 Å². The fourth-order valence-electron chi connectivity index (χ4n) is 3.01. The van der Waals surface area contributed by atoms with Gasteiger partial charge in [0.2, 0.25) is 0 Å². The Morgan fingerprint density at radius 3 is 2.68 bits per heavy atom. The third kappa shape index (κ3) is 3.17. The van der Waals surface area contributed by atoms with Crippen LogP contribution in [0.5, 0.6) is 0 Å². The molecule has 1 fully saturated rings. The van der Waals surface area contributed by atoms with Crippen molar-refractivity contribution in [3.63, 3.8) is 0 Å². The van der Waals surface area contributed by atoms with Crippen molar-refractivity contribution in [2.45, 2.75) is 44.0 Å². The van der Waals surface area contributed by atoms with Crippen molar-refractivity contribution in [2.75, 3.05) is 6.26 Å². The predicted molar refractivity (Wildman–Crippen MR) is 73.5 cm³/mol. The van der Waals surface area contributed by atoms with Crippen LogP contribution in [0.3, 0.4) is 0 Å². The number of aliphatic hydroxyl groups excluding tert-OH is 1. The first kappa shape index (κ1) is 14.5. The van der Waals surface area contributed by atoms with Crippen LogP contribution in [0.15, 0.2) is 6.07 Å². The maximum absolute atomic E-state index is 11.7. The first-order chi connectivity index (χ1) is 8.79. The van der Waals surface area contributed by atoms with Crippen molar-refractivity contribution in [3.8, 4) is 0 Å². The summed E-state index contributed by atoms with van der Waals surface area (Å²) in [5, 5.41) is 14.4. The van der Waals surface area contributed by atoms with Crippen molar-refractivity contribution >= 4 is 9.84 Å². The second-order valence-electron chi connectivity index (χ2n) is 5.66. The Morgan fingerprint density at radius 2 is 2.16 bits per heavy atom. The van der Waals surface area contributed by atoms with Crippen LogP contribution in [0.1, 0.15) is 43.2 Å². The van der Waals surface area contributed by atoms with Gasteiger partial charge in [-0.3, -0.25) is 4.68 Å². The summed E-state index contributed by atoms with van der Waals surface area (Å²) >= 11 is 0. The van der Waals surface area contributed by atoms with Gasteiger partial charge in [0.15, 0.2) is 0 Å². The summed E-state index contributed by atoms with van der Waals surface area (Å²) in [6.45, 7) is 1.89. The summed E-state index contributed by atoms with van der Waals surface area (Å²) in [6.07, 6.45) is 3.65. The van der Waals surface area contributed by atoms with E-state index < -0.39 is 15.9 Å². The standard InChI is InChI=1S/C13H22N2O3S/c1-9-7-12(15(2)14-9)13(16)10-5-4-6-11(8-10)19(3,17)18/h7,10-11,13,16H,4-6,8H2,1-3H3. The SMILES string of the molecule is Cc1cc(C(O)C2CCCC(S(C)(=O)=O)C2)n(C)n1. The van der Waals surface area contributed by atoms with Gasteiger partial charge < -0.3 is 5.11 Å². The van der Waals surface area contributed by atoms with Crippen LogP contribution in [-0.4, -0.2) is 34.8 Å². The number of nitrogens with zero attached hydrogens (tertiary/aromatic N) is 2. The predicted octanol–water partition coefficient (Wildman–Crippen LogP) is 1.37. The van der Waals surface area contributed by atoms with Crippen molar-refractivity contribution in [3.05, 3.63) is 17.5 Å². The van der Waals surface area contributed by atoms with Crippen LogP contribution in [-0.2, 0) is 16.9 Å². The molecule has 1 aromatic rings. The zero-order valence-corrected chi connectivity index (χ0v) is 12.5. The van der Waals surface area contributed by atoms with Gasteiger partial charge in [-0.15, -0.1) is 0 Å². The highest BCUT2D eigenvalue weighted by atomic mass is 32.2. The highest BCUT2D eigenvalue weighted by Crippen LogP contribution is 2.36. The van der Waals surface area contributed by atoms with E-state index in [4.69, 9.17) is 0 Å². The lowest BCUT2D eigenvalue weighted by atomic mass is 9.84. The number of aromatic nitrogens is 2. The van der Waals surface area contributed by atoms with E-state index >= 15 is 0 Å². The number of hydrogen-bond acceptors (Lipinski definition) is 4. The van der Waals surface area contributed by atoms with Gasteiger partial charge in [-0.2, -0.15) is 5.10 Å². The van der Waals surface area contributed by atoms with Crippen molar-refractivity contribution in [1.29, 1.82) is 0 Å². The molecule has 1 heterocycles. The summed E-state index contributed by atoms with van der Waals surface area (Å²) in [6, 6.07) is 1.87. The molecule has 3 unspecified atom stereocenters. The Bertz CT molecular complexity index is 550. The van der Waals surface area contributed by atoms with E-state index in [0.717, 1.165) is 24.2 Å². The van der Waals surface area contributed by atoms with Crippen LogP contribution in [0.2, 0.25) is 0 Å². The molecule has 1 aliphatic rings. The molecule has 1 N–H and O–H groups in total. The lowest BCUT2D eigenvalue weighted by Gasteiger charge is -2.31. The number of sulfone groups is 1. The van der Waals surface area contributed by atoms with Gasteiger partial charge in [-0.05, 0) is 38.2 Å². The molecule has 3 atom stereocenters. The first-order valence-corrected chi connectivity index (χ1v) is 8.62. The van der Waals surface area contributed by atoms with Gasteiger partial charge in [0.05, 0.1) is 22.7 Å². The Balaban J connectivity index is 2.15. The maximum atomic E-state index is 11.7. The van der Waals surface area contributed by atoms with Gasteiger partial charge in [-0.1, -0.05) is 6.42 Å². The molecule has 108 valence electrons. The zero-order valence-electron chi connectivity index (χ0n) is 11.7. The summed E-state index contributed by atoms with van der Waals surface area (Å²) < 4.78 is 25.0. The van der Waals surface area contributed by atoms with Crippen molar-refractivity contribution in [1.82, 2.24) is 9.78 Å². The average Bonchev–Trinajstić information content (AvgIpc) is 2.66. The van der Waals surface area contributed by atoms with Crippen LogP contribution in [0, 0.1) is 12.8 Å². The molecular formula is C13H22N2O3S. The normalized spacial score (nSPS) is 26.3. The molecule has 6 heteroatoms. The first-order valence-electron chi connectivity index (χ1n) is 6.66. The number of rotatable bonds is 3. The van der Waals surface area contributed by atoms with Gasteiger partial charge in [0.1, 0.15) is 9.84 Å². The molecule has 0 aliphatic heterocycles. The lowest BCUT2D eigenvalue weighted by molar-refractivity contribution is 0.0786. The van der Waals surface area contributed by atoms with Crippen LogP contribution in [0.4, 0.5) is 0 Å². The number of aliphatic hydroxyl groups is 1. The van der Waals surface area contributed by atoms with E-state index in [1.165, 1.54) is 6.26 Å². The molecule has 2 rings (SSSR count). The molecule has 0 radical (unpaired) electrons. The highest BCUT2D eigenvalue weighted by molar-refractivity contribution is 7.91. The fourth-order valence-corrected chi connectivity index (χ4v) is 4.20. The molecule has 1 aliphatic carbocycles. The van der Waals surface area contributed by atoms with Crippen molar-refractivity contribution < 1.29 is 13.5 Å². The van der Waals surface area contributed by atoms with Crippen molar-refractivity contribution in [2.24, 2.45) is 13.0 Å². The molecular weight excluding hydrogens is 264 g/mol. The molecule has 1 aromatic heterocycles. The van der Waals surface area contributed by atoms with Gasteiger partial charge >= 0.3 is 0 Å². The van der Waals surface area contributed by atoms with E-state index in [9.17, 15) is 13.5 Å². The summed E-state index contributed by atoms with van der Waals surface area (Å²) in [4.78, 5) is 0. The molecule has 0 spiro atoms. The highest BCUT2D eigenvalue weighted by Gasteiger charge is 2.33. The van der Waals surface area contributed by atoms with E-state index in [2.05, 4.69) is 5.10 Å². The Hall–Kier alpha value is -0.880. The molecule has 5 nitrogen and oxygen atoms in total. The van der Waals surface area contributed by atoms with Gasteiger partial charge in [0.25, 0.3) is 0 Å². The third-order valence-electron chi connectivity index (χ3n) is 4.06. The van der Waals surface area contributed by atoms with Crippen LogP contribution < -0.4 is 0 Å². The van der Waals surface area contributed by atoms with Gasteiger partial charge in [-0.25, -0.2) is 8.42 Å². The Morgan fingerprint density at radius 1 is 1.47 bits per heavy atom. The minimum atomic E-state index is -3.01. The smallest absolute Gasteiger partial charge is 0.150 e. The largest absolute Gasteiger partial charge is 0.387 e. The van der Waals surface area contributed by atoms with E-state index in [-0.39, 0.29) is 11.2 Å². The van der Waals surface area contributed by atoms with Gasteiger partial charge in [0, 0.05) is 13.3 Å². The molecule has 0 bridgehead atoms. The fraction of sp³-hybridized carbons (Fsp3) is 0.769. The summed E-state index contributed by atoms with van der Waals surface area (Å²) in [5.74, 6) is 0.00303. The zero-order chi connectivity index (χ0) is 14.2. The Labute approximate surface area is 114 Å². The van der Waals surface area contributed by atoms with Crippen LogP contribution in [0.25, 0.3) is 0 Å². The third-order valence-corrected chi connectivity index (χ3v) is 5.70. The monoisotopic (exact) mass is 286 g/mol. The average molecular weight is 286 g/mol. The number of hydrogen-bond donors (Lipinski definition) is 1. The van der Waals surface area contributed by atoms with E-state index in [0.29, 0.717) is 12.8 Å². The lowest BCUT2D eigenvalue weighted by Crippen LogP contribution is -2.30. The second-order valence-corrected chi connectivity index (χ2v) is 7.98. The van der Waals surface area contributed by atoms with E-state index in [1.54, 1.807) is 4.68 Å². The molecule has 0 amide bonds. The number of aryl methyl sites for hydroxylation is 2. The molecule has 19 heavy (non-hydrogen) atoms. The molecule has 0 saturated heterocycles.